The van der Waals surface area contributed by atoms with Gasteiger partial charge in [0.2, 0.25) is 0 Å². The molecule has 0 amide bonds. The fraction of sp³-hybridized carbons (Fsp3) is 0.727. The van der Waals surface area contributed by atoms with Crippen LogP contribution in [-0.4, -0.2) is 56.8 Å². The topological polar surface area (TPSA) is 71.2 Å². The second kappa shape index (κ2) is 5.78. The number of likely N-dealkylation sites (tertiary alicyclic amines) is 1. The summed E-state index contributed by atoms with van der Waals surface area (Å²) < 4.78 is 38.9. The lowest BCUT2D eigenvalue weighted by Gasteiger charge is -2.32. The molecule has 1 aliphatic rings. The first-order chi connectivity index (χ1) is 9.36. The zero-order chi connectivity index (χ0) is 14.8. The second-order valence-electron chi connectivity index (χ2n) is 4.83. The van der Waals surface area contributed by atoms with E-state index in [0.717, 1.165) is 0 Å². The summed E-state index contributed by atoms with van der Waals surface area (Å²) in [7, 11) is 0. The second-order valence-corrected chi connectivity index (χ2v) is 4.83. The van der Waals surface area contributed by atoms with Gasteiger partial charge in [0.25, 0.3) is 0 Å². The zero-order valence-electron chi connectivity index (χ0n) is 10.7. The Morgan fingerprint density at radius 1 is 1.35 bits per heavy atom. The molecule has 1 N–H and O–H groups in total. The highest BCUT2D eigenvalue weighted by molar-refractivity contribution is 5.84. The minimum absolute atomic E-state index is 0.112. The van der Waals surface area contributed by atoms with Gasteiger partial charge in [-0.05, 0) is 25.9 Å². The summed E-state index contributed by atoms with van der Waals surface area (Å²) in [4.78, 5) is 12.5. The summed E-state index contributed by atoms with van der Waals surface area (Å²) in [6, 6.07) is 0. The van der Waals surface area contributed by atoms with Crippen LogP contribution in [0.4, 0.5) is 13.2 Å². The van der Waals surface area contributed by atoms with Gasteiger partial charge >= 0.3 is 12.1 Å². The number of hydrogen-bond acceptors (Lipinski definition) is 4. The third kappa shape index (κ3) is 3.69. The van der Waals surface area contributed by atoms with Gasteiger partial charge in [-0.15, -0.1) is 5.10 Å². The largest absolute Gasteiger partial charge is 0.476 e. The predicted octanol–water partition coefficient (Wildman–Crippen LogP) is 1.25. The number of carboxylic acid groups (broad SMARTS) is 1. The third-order valence-corrected chi connectivity index (χ3v) is 3.45. The molecule has 2 heterocycles. The maximum absolute atomic E-state index is 12.5. The molecule has 1 aliphatic heterocycles. The molecular weight excluding hydrogens is 277 g/mol. The van der Waals surface area contributed by atoms with E-state index in [2.05, 4.69) is 10.3 Å². The van der Waals surface area contributed by atoms with Crippen molar-refractivity contribution in [3.63, 3.8) is 0 Å². The number of carbonyl (C=O) groups is 1. The van der Waals surface area contributed by atoms with Gasteiger partial charge in [0, 0.05) is 6.54 Å². The molecule has 1 aromatic heterocycles. The molecule has 2 rings (SSSR count). The molecule has 20 heavy (non-hydrogen) atoms. The molecule has 0 aromatic carbocycles. The number of nitrogens with zero attached hydrogens (tertiary/aromatic N) is 4. The fourth-order valence-corrected chi connectivity index (χ4v) is 2.23. The Labute approximate surface area is 113 Å². The Bertz CT molecular complexity index is 466. The van der Waals surface area contributed by atoms with Crippen molar-refractivity contribution in [1.82, 2.24) is 19.9 Å². The highest BCUT2D eigenvalue weighted by Gasteiger charge is 2.40. The molecule has 0 bridgehead atoms. The van der Waals surface area contributed by atoms with Gasteiger partial charge in [0.05, 0.1) is 18.7 Å². The van der Waals surface area contributed by atoms with Crippen molar-refractivity contribution in [3.05, 3.63) is 11.9 Å². The number of alkyl halides is 3. The minimum Gasteiger partial charge on any atom is -0.476 e. The molecule has 0 radical (unpaired) electrons. The van der Waals surface area contributed by atoms with Crippen LogP contribution in [0.15, 0.2) is 6.20 Å². The molecular formula is C11H15F3N4O2. The molecule has 0 saturated carbocycles. The molecule has 0 atom stereocenters. The Kier molecular flexibility index (Phi) is 4.26. The predicted molar refractivity (Wildman–Crippen MR) is 62.2 cm³/mol. The van der Waals surface area contributed by atoms with Gasteiger partial charge in [-0.3, -0.25) is 4.68 Å². The van der Waals surface area contributed by atoms with E-state index in [1.165, 1.54) is 10.9 Å². The molecule has 6 nitrogen and oxygen atoms in total. The lowest BCUT2D eigenvalue weighted by atomic mass is 9.96. The minimum atomic E-state index is -4.10. The van der Waals surface area contributed by atoms with E-state index in [9.17, 15) is 18.0 Å². The van der Waals surface area contributed by atoms with E-state index in [4.69, 9.17) is 5.11 Å². The van der Waals surface area contributed by atoms with Crippen LogP contribution in [-0.2, 0) is 6.54 Å². The molecule has 1 saturated heterocycles. The normalized spacial score (nSPS) is 18.4. The first kappa shape index (κ1) is 14.8. The molecule has 0 aliphatic carbocycles. The number of piperidine rings is 1. The number of hydrogen-bond donors (Lipinski definition) is 1. The van der Waals surface area contributed by atoms with Crippen LogP contribution in [0.25, 0.3) is 0 Å². The van der Waals surface area contributed by atoms with E-state index in [-0.39, 0.29) is 18.5 Å². The Morgan fingerprint density at radius 3 is 2.50 bits per heavy atom. The molecule has 0 unspecified atom stereocenters. The quantitative estimate of drug-likeness (QED) is 0.904. The Balaban J connectivity index is 1.77. The summed E-state index contributed by atoms with van der Waals surface area (Å²) in [5, 5.41) is 15.8. The van der Waals surface area contributed by atoms with E-state index < -0.39 is 18.1 Å². The van der Waals surface area contributed by atoms with Gasteiger partial charge in [-0.1, -0.05) is 5.21 Å². The molecule has 1 fully saturated rings. The summed E-state index contributed by atoms with van der Waals surface area (Å²) in [6.45, 7) is 1.74. The fourth-order valence-electron chi connectivity index (χ4n) is 2.23. The van der Waals surface area contributed by atoms with Crippen molar-refractivity contribution in [2.45, 2.75) is 25.6 Å². The number of halogens is 3. The van der Waals surface area contributed by atoms with Crippen molar-refractivity contribution in [1.29, 1.82) is 0 Å². The number of carboxylic acids is 1. The summed E-state index contributed by atoms with van der Waals surface area (Å²) in [5.41, 5.74) is -0.138. The zero-order valence-corrected chi connectivity index (χ0v) is 10.7. The summed E-state index contributed by atoms with van der Waals surface area (Å²) >= 11 is 0. The van der Waals surface area contributed by atoms with Gasteiger partial charge in [-0.2, -0.15) is 13.2 Å². The number of rotatable bonds is 4. The standard InChI is InChI=1S/C11H15F3N4O2/c12-11(13,14)8-1-3-17(4-2-8)5-6-18-7-9(10(19)20)15-16-18/h7-8H,1-6H2,(H,19,20). The van der Waals surface area contributed by atoms with Crippen LogP contribution in [0.5, 0.6) is 0 Å². The first-order valence-corrected chi connectivity index (χ1v) is 6.29. The van der Waals surface area contributed by atoms with Crippen molar-refractivity contribution < 1.29 is 23.1 Å². The molecule has 112 valence electrons. The van der Waals surface area contributed by atoms with Crippen LogP contribution >= 0.6 is 0 Å². The van der Waals surface area contributed by atoms with E-state index in [1.54, 1.807) is 0 Å². The molecule has 0 spiro atoms. The molecule has 9 heteroatoms. The first-order valence-electron chi connectivity index (χ1n) is 6.29. The van der Waals surface area contributed by atoms with Crippen LogP contribution < -0.4 is 0 Å². The van der Waals surface area contributed by atoms with Crippen LogP contribution in [0.2, 0.25) is 0 Å². The van der Waals surface area contributed by atoms with Crippen molar-refractivity contribution >= 4 is 5.97 Å². The summed E-state index contributed by atoms with van der Waals surface area (Å²) in [5.74, 6) is -2.36. The molecule has 1 aromatic rings. The maximum Gasteiger partial charge on any atom is 0.391 e. The van der Waals surface area contributed by atoms with E-state index >= 15 is 0 Å². The Morgan fingerprint density at radius 2 is 2.00 bits per heavy atom. The van der Waals surface area contributed by atoms with E-state index in [1.807, 2.05) is 4.90 Å². The van der Waals surface area contributed by atoms with Gasteiger partial charge in [0.1, 0.15) is 0 Å². The Hall–Kier alpha value is -1.64. The lowest BCUT2D eigenvalue weighted by molar-refractivity contribution is -0.185. The van der Waals surface area contributed by atoms with Gasteiger partial charge < -0.3 is 10.0 Å². The van der Waals surface area contributed by atoms with Gasteiger partial charge in [-0.25, -0.2) is 4.79 Å². The van der Waals surface area contributed by atoms with Crippen LogP contribution in [0.1, 0.15) is 23.3 Å². The van der Waals surface area contributed by atoms with Gasteiger partial charge in [0.15, 0.2) is 5.69 Å². The number of aromatic carboxylic acids is 1. The van der Waals surface area contributed by atoms with Crippen LogP contribution in [0.3, 0.4) is 0 Å². The van der Waals surface area contributed by atoms with E-state index in [0.29, 0.717) is 26.2 Å². The monoisotopic (exact) mass is 292 g/mol. The van der Waals surface area contributed by atoms with Crippen molar-refractivity contribution in [2.75, 3.05) is 19.6 Å². The smallest absolute Gasteiger partial charge is 0.391 e. The maximum atomic E-state index is 12.5. The van der Waals surface area contributed by atoms with Crippen molar-refractivity contribution in [2.24, 2.45) is 5.92 Å². The highest BCUT2D eigenvalue weighted by Crippen LogP contribution is 2.33. The SMILES string of the molecule is O=C(O)c1cn(CCN2CCC(C(F)(F)F)CC2)nn1. The average Bonchev–Trinajstić information content (AvgIpc) is 2.85. The average molecular weight is 292 g/mol. The van der Waals surface area contributed by atoms with Crippen molar-refractivity contribution in [3.8, 4) is 0 Å². The highest BCUT2D eigenvalue weighted by atomic mass is 19.4. The van der Waals surface area contributed by atoms with Crippen LogP contribution in [0, 0.1) is 5.92 Å². The lowest BCUT2D eigenvalue weighted by Crippen LogP contribution is -2.40. The third-order valence-electron chi connectivity index (χ3n) is 3.45. The number of aromatic nitrogens is 3. The summed E-state index contributed by atoms with van der Waals surface area (Å²) in [6.07, 6.45) is -2.57.